The van der Waals surface area contributed by atoms with Crippen molar-refractivity contribution in [2.75, 3.05) is 0 Å². The van der Waals surface area contributed by atoms with E-state index in [2.05, 4.69) is 15.0 Å². The minimum Gasteiger partial charge on any atom is -0.306 e. The van der Waals surface area contributed by atoms with Crippen molar-refractivity contribution in [1.82, 2.24) is 15.0 Å². The van der Waals surface area contributed by atoms with Gasteiger partial charge in [-0.05, 0) is 30.3 Å². The van der Waals surface area contributed by atoms with Crippen LogP contribution in [0, 0.1) is 5.82 Å². The second-order valence-corrected chi connectivity index (χ2v) is 3.70. The monoisotopic (exact) mass is 233 g/mol. The molecule has 5 heteroatoms. The molecule has 0 unspecified atom stereocenters. The van der Waals surface area contributed by atoms with Gasteiger partial charge in [0.1, 0.15) is 5.82 Å². The molecule has 0 saturated heterocycles. The quantitative estimate of drug-likeness (QED) is 0.678. The van der Waals surface area contributed by atoms with E-state index < -0.39 is 0 Å². The van der Waals surface area contributed by atoms with Crippen molar-refractivity contribution in [3.05, 3.63) is 52.8 Å². The molecule has 4 nitrogen and oxygen atoms in total. The zero-order valence-corrected chi connectivity index (χ0v) is 8.70. The maximum atomic E-state index is 12.8. The summed E-state index contributed by atoms with van der Waals surface area (Å²) < 4.78 is 12.8. The van der Waals surface area contributed by atoms with Crippen LogP contribution in [0.4, 0.5) is 4.39 Å². The number of aromatic amines is 2. The highest BCUT2D eigenvalue weighted by Crippen LogP contribution is 2.19. The van der Waals surface area contributed by atoms with Gasteiger partial charge in [0, 0.05) is 8.42 Å². The highest BCUT2D eigenvalue weighted by atomic mass is 19.1. The van der Waals surface area contributed by atoms with Crippen LogP contribution >= 0.6 is 0 Å². The first-order chi connectivity index (χ1) is 8.22. The molecule has 0 fully saturated rings. The van der Waals surface area contributed by atoms with E-state index in [-0.39, 0.29) is 14.4 Å². The summed E-state index contributed by atoms with van der Waals surface area (Å²) in [5, 5.41) is 0. The SMILES string of the molecule is O=c1[nH]c2cnc(-c3ccc(F)cc3)cc2[nH]1.[HH].[HH]. The second kappa shape index (κ2) is 3.55. The molecule has 88 valence electrons. The van der Waals surface area contributed by atoms with Crippen molar-refractivity contribution in [3.63, 3.8) is 0 Å². The lowest BCUT2D eigenvalue weighted by atomic mass is 10.1. The number of aromatic nitrogens is 3. The van der Waals surface area contributed by atoms with Crippen molar-refractivity contribution in [2.24, 2.45) is 0 Å². The van der Waals surface area contributed by atoms with E-state index in [0.29, 0.717) is 16.7 Å². The Morgan fingerprint density at radius 1 is 1.12 bits per heavy atom. The van der Waals surface area contributed by atoms with Gasteiger partial charge in [-0.2, -0.15) is 0 Å². The van der Waals surface area contributed by atoms with Crippen LogP contribution < -0.4 is 5.69 Å². The van der Waals surface area contributed by atoms with Gasteiger partial charge in [-0.15, -0.1) is 0 Å². The minimum absolute atomic E-state index is 0. The molecule has 2 aromatic heterocycles. The Labute approximate surface area is 98.1 Å². The summed E-state index contributed by atoms with van der Waals surface area (Å²) in [7, 11) is 0. The molecule has 17 heavy (non-hydrogen) atoms. The summed E-state index contributed by atoms with van der Waals surface area (Å²) in [5.41, 5.74) is 2.56. The molecule has 2 N–H and O–H groups in total. The summed E-state index contributed by atoms with van der Waals surface area (Å²) in [6, 6.07) is 7.80. The zero-order chi connectivity index (χ0) is 11.8. The standard InChI is InChI=1S/C12H8FN3O.2H2/c13-8-3-1-7(2-4-8)9-5-10-11(6-14-9)16-12(17)15-10;;/h1-6H,(H2,15,16,17);2*1H. The predicted octanol–water partition coefficient (Wildman–Crippen LogP) is 2.55. The molecule has 0 aliphatic carbocycles. The predicted molar refractivity (Wildman–Crippen MR) is 66.3 cm³/mol. The van der Waals surface area contributed by atoms with Gasteiger partial charge >= 0.3 is 5.69 Å². The first-order valence-electron chi connectivity index (χ1n) is 5.06. The lowest BCUT2D eigenvalue weighted by Crippen LogP contribution is -1.99. The summed E-state index contributed by atoms with van der Waals surface area (Å²) in [5.74, 6) is -0.287. The topological polar surface area (TPSA) is 61.5 Å². The molecule has 0 amide bonds. The van der Waals surface area contributed by atoms with Crippen LogP contribution in [0.3, 0.4) is 0 Å². The van der Waals surface area contributed by atoms with Gasteiger partial charge < -0.3 is 9.97 Å². The van der Waals surface area contributed by atoms with Crippen LogP contribution in [0.5, 0.6) is 0 Å². The minimum atomic E-state index is -0.287. The van der Waals surface area contributed by atoms with Crippen LogP contribution in [0.1, 0.15) is 2.85 Å². The molecule has 0 bridgehead atoms. The summed E-state index contributed by atoms with van der Waals surface area (Å²) >= 11 is 0. The number of H-pyrrole nitrogens is 2. The number of hydrogen-bond donors (Lipinski definition) is 2. The molecular formula is C12H12FN3O. The number of rotatable bonds is 1. The Bertz CT molecular complexity index is 737. The van der Waals surface area contributed by atoms with E-state index in [9.17, 15) is 9.18 Å². The zero-order valence-electron chi connectivity index (χ0n) is 8.70. The fourth-order valence-electron chi connectivity index (χ4n) is 1.71. The lowest BCUT2D eigenvalue weighted by molar-refractivity contribution is 0.628. The van der Waals surface area contributed by atoms with Gasteiger partial charge in [-0.3, -0.25) is 4.98 Å². The average molecular weight is 233 g/mol. The van der Waals surface area contributed by atoms with E-state index >= 15 is 0 Å². The van der Waals surface area contributed by atoms with Gasteiger partial charge in [0.15, 0.2) is 0 Å². The van der Waals surface area contributed by atoms with E-state index in [1.807, 2.05) is 0 Å². The van der Waals surface area contributed by atoms with Crippen LogP contribution in [-0.4, -0.2) is 15.0 Å². The number of benzene rings is 1. The Hall–Kier alpha value is -2.43. The average Bonchev–Trinajstić information content (AvgIpc) is 2.69. The fraction of sp³-hybridized carbons (Fsp3) is 0. The van der Waals surface area contributed by atoms with Crippen molar-refractivity contribution < 1.29 is 7.24 Å². The van der Waals surface area contributed by atoms with Crippen molar-refractivity contribution in [2.45, 2.75) is 0 Å². The molecule has 0 saturated carbocycles. The van der Waals surface area contributed by atoms with Crippen LogP contribution in [0.2, 0.25) is 0 Å². The number of imidazole rings is 1. The third-order valence-corrected chi connectivity index (χ3v) is 2.54. The summed E-state index contributed by atoms with van der Waals surface area (Å²) in [4.78, 5) is 20.6. The van der Waals surface area contributed by atoms with Crippen molar-refractivity contribution >= 4 is 11.0 Å². The number of nitrogens with one attached hydrogen (secondary N) is 2. The molecule has 0 spiro atoms. The smallest absolute Gasteiger partial charge is 0.306 e. The van der Waals surface area contributed by atoms with E-state index in [0.717, 1.165) is 5.56 Å². The molecule has 1 aromatic carbocycles. The van der Waals surface area contributed by atoms with Crippen LogP contribution in [0.15, 0.2) is 41.3 Å². The van der Waals surface area contributed by atoms with E-state index in [1.165, 1.54) is 12.1 Å². The van der Waals surface area contributed by atoms with Gasteiger partial charge in [0.25, 0.3) is 0 Å². The molecule has 0 atom stereocenters. The Kier molecular flexibility index (Phi) is 2.04. The van der Waals surface area contributed by atoms with Gasteiger partial charge in [-0.25, -0.2) is 9.18 Å². The summed E-state index contributed by atoms with van der Waals surface area (Å²) in [6.07, 6.45) is 1.58. The number of halogens is 1. The van der Waals surface area contributed by atoms with Crippen LogP contribution in [0.25, 0.3) is 22.3 Å². The highest BCUT2D eigenvalue weighted by Gasteiger charge is 2.03. The largest absolute Gasteiger partial charge is 0.323 e. The Balaban J connectivity index is 0.000000902. The molecule has 0 radical (unpaired) electrons. The number of fused-ring (bicyclic) bond motifs is 1. The first kappa shape index (κ1) is 9.77. The van der Waals surface area contributed by atoms with Gasteiger partial charge in [0.2, 0.25) is 0 Å². The maximum absolute atomic E-state index is 12.8. The molecule has 0 aliphatic heterocycles. The first-order valence-corrected chi connectivity index (χ1v) is 5.06. The number of hydrogen-bond acceptors (Lipinski definition) is 2. The Morgan fingerprint density at radius 2 is 1.82 bits per heavy atom. The third kappa shape index (κ3) is 1.71. The van der Waals surface area contributed by atoms with Crippen molar-refractivity contribution in [1.29, 1.82) is 0 Å². The maximum Gasteiger partial charge on any atom is 0.323 e. The number of nitrogens with zero attached hydrogens (tertiary/aromatic N) is 1. The van der Waals surface area contributed by atoms with Gasteiger partial charge in [0.05, 0.1) is 22.9 Å². The highest BCUT2D eigenvalue weighted by molar-refractivity contribution is 5.78. The van der Waals surface area contributed by atoms with Gasteiger partial charge in [-0.1, -0.05) is 0 Å². The molecular weight excluding hydrogens is 221 g/mol. The van der Waals surface area contributed by atoms with E-state index in [1.54, 1.807) is 24.4 Å². The Morgan fingerprint density at radius 3 is 2.59 bits per heavy atom. The molecule has 0 aliphatic rings. The molecule has 2 heterocycles. The van der Waals surface area contributed by atoms with Crippen molar-refractivity contribution in [3.8, 4) is 11.3 Å². The summed E-state index contributed by atoms with van der Waals surface area (Å²) in [6.45, 7) is 0. The van der Waals surface area contributed by atoms with E-state index in [4.69, 9.17) is 0 Å². The lowest BCUT2D eigenvalue weighted by Gasteiger charge is -2.00. The fourth-order valence-corrected chi connectivity index (χ4v) is 1.71. The molecule has 3 aromatic rings. The number of pyridine rings is 1. The second-order valence-electron chi connectivity index (χ2n) is 3.70. The molecule has 3 rings (SSSR count). The third-order valence-electron chi connectivity index (χ3n) is 2.54. The normalized spacial score (nSPS) is 10.9. The van der Waals surface area contributed by atoms with Crippen LogP contribution in [-0.2, 0) is 0 Å².